The normalized spacial score (nSPS) is 12.7. The first-order valence-electron chi connectivity index (χ1n) is 7.46. The summed E-state index contributed by atoms with van der Waals surface area (Å²) in [7, 11) is 0. The molecule has 0 bridgehead atoms. The van der Waals surface area contributed by atoms with Crippen molar-refractivity contribution in [1.82, 2.24) is 19.6 Å². The molecular formula is C15H11F5N4O3. The van der Waals surface area contributed by atoms with Gasteiger partial charge in [0.1, 0.15) is 5.69 Å². The fraction of sp³-hybridized carbons (Fsp3) is 0.267. The lowest BCUT2D eigenvalue weighted by molar-refractivity contribution is 0.0768. The topological polar surface area (TPSA) is 92.5 Å². The second-order valence-electron chi connectivity index (χ2n) is 5.47. The average Bonchev–Trinajstić information content (AvgIpc) is 2.97. The zero-order valence-electron chi connectivity index (χ0n) is 13.5. The number of aromatic nitrogens is 4. The number of alkyl halides is 2. The standard InChI is InChI=1S/C15H11F5N4O3/c1-5(25)12-10(6-2-7(16)11(20)8(17)3-6)13-21-14(27-4-9(18)19)22-15(26)24(13)23-12/h2-3,5,9,25H,4H2,1H3,(H,21,22,26). The number of halogens is 5. The van der Waals surface area contributed by atoms with Crippen LogP contribution in [0.2, 0.25) is 0 Å². The van der Waals surface area contributed by atoms with Crippen LogP contribution in [0.15, 0.2) is 16.9 Å². The second-order valence-corrected chi connectivity index (χ2v) is 5.47. The van der Waals surface area contributed by atoms with Crippen molar-refractivity contribution in [3.63, 3.8) is 0 Å². The third-order valence-electron chi connectivity index (χ3n) is 3.52. The van der Waals surface area contributed by atoms with Crippen LogP contribution in [-0.2, 0) is 0 Å². The van der Waals surface area contributed by atoms with Gasteiger partial charge in [-0.3, -0.25) is 4.98 Å². The van der Waals surface area contributed by atoms with Gasteiger partial charge in [0.05, 0.1) is 11.7 Å². The Morgan fingerprint density at radius 2 is 1.89 bits per heavy atom. The van der Waals surface area contributed by atoms with Crippen LogP contribution in [0.5, 0.6) is 6.01 Å². The number of nitrogens with one attached hydrogen (secondary N) is 1. The maximum atomic E-state index is 13.6. The van der Waals surface area contributed by atoms with Crippen LogP contribution in [0.4, 0.5) is 22.0 Å². The van der Waals surface area contributed by atoms with E-state index in [1.54, 1.807) is 0 Å². The first-order chi connectivity index (χ1) is 12.7. The zero-order chi connectivity index (χ0) is 19.9. The molecule has 7 nitrogen and oxygen atoms in total. The lowest BCUT2D eigenvalue weighted by atomic mass is 10.0. The van der Waals surface area contributed by atoms with Crippen LogP contribution in [0, 0.1) is 17.5 Å². The van der Waals surface area contributed by atoms with E-state index >= 15 is 0 Å². The molecule has 0 aliphatic carbocycles. The molecule has 0 saturated heterocycles. The molecule has 12 heteroatoms. The molecule has 2 N–H and O–H groups in total. The smallest absolute Gasteiger partial charge is 0.352 e. The van der Waals surface area contributed by atoms with Gasteiger partial charge in [-0.2, -0.15) is 14.6 Å². The Hall–Kier alpha value is -3.02. The molecule has 0 spiro atoms. The van der Waals surface area contributed by atoms with E-state index in [0.29, 0.717) is 16.6 Å². The number of aliphatic hydroxyl groups excluding tert-OH is 1. The fourth-order valence-electron chi connectivity index (χ4n) is 2.42. The van der Waals surface area contributed by atoms with E-state index in [9.17, 15) is 31.9 Å². The molecular weight excluding hydrogens is 379 g/mol. The number of fused-ring (bicyclic) bond motifs is 1. The molecule has 2 heterocycles. The summed E-state index contributed by atoms with van der Waals surface area (Å²) in [5, 5.41) is 13.7. The first kappa shape index (κ1) is 18.8. The average molecular weight is 390 g/mol. The maximum absolute atomic E-state index is 13.6. The van der Waals surface area contributed by atoms with Gasteiger partial charge in [-0.15, -0.1) is 0 Å². The summed E-state index contributed by atoms with van der Waals surface area (Å²) >= 11 is 0. The van der Waals surface area contributed by atoms with Gasteiger partial charge in [0.2, 0.25) is 0 Å². The molecule has 1 atom stereocenters. The SMILES string of the molecule is CC(O)c1nn2c(=O)[nH]c(OCC(F)F)nc2c1-c1cc(F)c(F)c(F)c1. The predicted octanol–water partition coefficient (Wildman–Crippen LogP) is 2.20. The number of benzene rings is 1. The van der Waals surface area contributed by atoms with Gasteiger partial charge < -0.3 is 9.84 Å². The van der Waals surface area contributed by atoms with Crippen molar-refractivity contribution < 1.29 is 31.8 Å². The molecule has 0 aliphatic heterocycles. The van der Waals surface area contributed by atoms with E-state index in [-0.39, 0.29) is 22.5 Å². The third kappa shape index (κ3) is 3.47. The van der Waals surface area contributed by atoms with E-state index in [1.165, 1.54) is 6.92 Å². The van der Waals surface area contributed by atoms with Gasteiger partial charge >= 0.3 is 5.69 Å². The van der Waals surface area contributed by atoms with Crippen LogP contribution >= 0.6 is 0 Å². The quantitative estimate of drug-likeness (QED) is 0.515. The van der Waals surface area contributed by atoms with Gasteiger partial charge in [0, 0.05) is 0 Å². The minimum absolute atomic E-state index is 0.184. The minimum atomic E-state index is -2.84. The molecule has 0 amide bonds. The van der Waals surface area contributed by atoms with Gasteiger partial charge in [-0.1, -0.05) is 0 Å². The Bertz CT molecular complexity index is 1040. The van der Waals surface area contributed by atoms with Crippen molar-refractivity contribution >= 4 is 5.65 Å². The molecule has 27 heavy (non-hydrogen) atoms. The highest BCUT2D eigenvalue weighted by atomic mass is 19.3. The van der Waals surface area contributed by atoms with Crippen molar-refractivity contribution in [2.75, 3.05) is 6.61 Å². The molecule has 144 valence electrons. The summed E-state index contributed by atoms with van der Waals surface area (Å²) in [5.74, 6) is -4.74. The van der Waals surface area contributed by atoms with Gasteiger partial charge in [-0.25, -0.2) is 26.7 Å². The van der Waals surface area contributed by atoms with Crippen molar-refractivity contribution in [2.45, 2.75) is 19.5 Å². The monoisotopic (exact) mass is 390 g/mol. The van der Waals surface area contributed by atoms with Crippen molar-refractivity contribution in [3.8, 4) is 17.1 Å². The number of rotatable bonds is 5. The Morgan fingerprint density at radius 1 is 1.26 bits per heavy atom. The summed E-state index contributed by atoms with van der Waals surface area (Å²) in [5.41, 5.74) is -1.93. The summed E-state index contributed by atoms with van der Waals surface area (Å²) in [6, 6.07) is 0.669. The number of nitrogens with zero attached hydrogens (tertiary/aromatic N) is 3. The van der Waals surface area contributed by atoms with E-state index in [1.807, 2.05) is 0 Å². The Kier molecular flexibility index (Phi) is 4.83. The molecule has 3 aromatic rings. The zero-order valence-corrected chi connectivity index (χ0v) is 13.5. The minimum Gasteiger partial charge on any atom is -0.459 e. The predicted molar refractivity (Wildman–Crippen MR) is 81.1 cm³/mol. The molecule has 1 unspecified atom stereocenters. The van der Waals surface area contributed by atoms with E-state index in [4.69, 9.17) is 0 Å². The van der Waals surface area contributed by atoms with Gasteiger partial charge in [0.25, 0.3) is 12.4 Å². The summed E-state index contributed by atoms with van der Waals surface area (Å²) < 4.78 is 70.4. The highest BCUT2D eigenvalue weighted by Gasteiger charge is 2.24. The first-order valence-corrected chi connectivity index (χ1v) is 7.46. The Morgan fingerprint density at radius 3 is 2.44 bits per heavy atom. The third-order valence-corrected chi connectivity index (χ3v) is 3.52. The number of H-pyrrole nitrogens is 1. The molecule has 1 aromatic carbocycles. The van der Waals surface area contributed by atoms with E-state index < -0.39 is 48.3 Å². The van der Waals surface area contributed by atoms with Crippen LogP contribution in [-0.4, -0.2) is 37.7 Å². The number of aromatic amines is 1. The van der Waals surface area contributed by atoms with Crippen molar-refractivity contribution in [3.05, 3.63) is 45.8 Å². The lowest BCUT2D eigenvalue weighted by Gasteiger charge is -2.07. The van der Waals surface area contributed by atoms with Gasteiger partial charge in [0.15, 0.2) is 29.7 Å². The summed E-state index contributed by atoms with van der Waals surface area (Å²) in [6.07, 6.45) is -4.15. The van der Waals surface area contributed by atoms with Crippen LogP contribution in [0.1, 0.15) is 18.7 Å². The van der Waals surface area contributed by atoms with E-state index in [0.717, 1.165) is 0 Å². The molecule has 3 rings (SSSR count). The lowest BCUT2D eigenvalue weighted by Crippen LogP contribution is -2.21. The second kappa shape index (κ2) is 6.95. The number of hydrogen-bond acceptors (Lipinski definition) is 5. The number of aliphatic hydroxyl groups is 1. The molecule has 0 fully saturated rings. The number of hydrogen-bond donors (Lipinski definition) is 2. The van der Waals surface area contributed by atoms with Crippen LogP contribution in [0.25, 0.3) is 16.8 Å². The summed E-state index contributed by atoms with van der Waals surface area (Å²) in [4.78, 5) is 18.0. The maximum Gasteiger partial charge on any atom is 0.352 e. The highest BCUT2D eigenvalue weighted by molar-refractivity contribution is 5.80. The Balaban J connectivity index is 2.29. The van der Waals surface area contributed by atoms with Crippen LogP contribution < -0.4 is 10.4 Å². The number of ether oxygens (including phenoxy) is 1. The molecule has 0 saturated carbocycles. The van der Waals surface area contributed by atoms with Crippen molar-refractivity contribution in [2.24, 2.45) is 0 Å². The fourth-order valence-corrected chi connectivity index (χ4v) is 2.42. The highest BCUT2D eigenvalue weighted by Crippen LogP contribution is 2.32. The van der Waals surface area contributed by atoms with Gasteiger partial charge in [-0.05, 0) is 24.6 Å². The van der Waals surface area contributed by atoms with Crippen molar-refractivity contribution in [1.29, 1.82) is 0 Å². The molecule has 0 aliphatic rings. The summed E-state index contributed by atoms with van der Waals surface area (Å²) in [6.45, 7) is 0.204. The van der Waals surface area contributed by atoms with Crippen LogP contribution in [0.3, 0.4) is 0 Å². The largest absolute Gasteiger partial charge is 0.459 e. The molecule has 2 aromatic heterocycles. The molecule has 0 radical (unpaired) electrons. The Labute approximate surface area is 147 Å². The van der Waals surface area contributed by atoms with E-state index in [2.05, 4.69) is 19.8 Å².